The average molecular weight is 253 g/mol. The molecule has 1 aromatic carbocycles. The summed E-state index contributed by atoms with van der Waals surface area (Å²) in [6.45, 7) is 2.04. The summed E-state index contributed by atoms with van der Waals surface area (Å²) in [5.74, 6) is 1.30. The molecule has 1 N–H and O–H groups in total. The van der Waals surface area contributed by atoms with E-state index in [1.54, 1.807) is 0 Å². The molecule has 0 aromatic heterocycles. The Bertz CT molecular complexity index is 358. The second-order valence-electron chi connectivity index (χ2n) is 3.95. The Morgan fingerprint density at radius 3 is 2.81 bits per heavy atom. The van der Waals surface area contributed by atoms with Crippen LogP contribution >= 0.6 is 21.6 Å². The Labute approximate surface area is 104 Å². The van der Waals surface area contributed by atoms with E-state index in [0.29, 0.717) is 11.7 Å². The minimum Gasteiger partial charge on any atom is -0.326 e. The molecule has 16 heavy (non-hydrogen) atoms. The Kier molecular flexibility index (Phi) is 4.18. The first-order valence-electron chi connectivity index (χ1n) is 5.39. The van der Waals surface area contributed by atoms with Crippen LogP contribution in [0.4, 0.5) is 5.69 Å². The summed E-state index contributed by atoms with van der Waals surface area (Å²) in [7, 11) is 3.71. The molecule has 86 valence electrons. The van der Waals surface area contributed by atoms with Crippen molar-refractivity contribution in [2.75, 3.05) is 11.1 Å². The first kappa shape index (κ1) is 11.9. The van der Waals surface area contributed by atoms with E-state index in [1.165, 1.54) is 11.3 Å². The van der Waals surface area contributed by atoms with E-state index >= 15 is 0 Å². The number of aryl methyl sites for hydroxylation is 1. The van der Waals surface area contributed by atoms with Crippen molar-refractivity contribution in [1.29, 1.82) is 0 Å². The average Bonchev–Trinajstić information content (AvgIpc) is 2.74. The second kappa shape index (κ2) is 5.64. The van der Waals surface area contributed by atoms with Gasteiger partial charge in [0.1, 0.15) is 0 Å². The SMILES string of the molecule is Cc1ccc(NC(=O)CC2CCSS2)cc1. The maximum atomic E-state index is 11.7. The van der Waals surface area contributed by atoms with Crippen LogP contribution in [0, 0.1) is 6.92 Å². The van der Waals surface area contributed by atoms with Crippen molar-refractivity contribution in [2.45, 2.75) is 25.0 Å². The first-order valence-corrected chi connectivity index (χ1v) is 7.77. The number of benzene rings is 1. The highest BCUT2D eigenvalue weighted by molar-refractivity contribution is 8.77. The van der Waals surface area contributed by atoms with Crippen LogP contribution in [0.2, 0.25) is 0 Å². The van der Waals surface area contributed by atoms with Crippen LogP contribution in [0.15, 0.2) is 24.3 Å². The number of amides is 1. The number of hydrogen-bond donors (Lipinski definition) is 1. The van der Waals surface area contributed by atoms with Crippen molar-refractivity contribution < 1.29 is 4.79 Å². The molecule has 1 aromatic rings. The fourth-order valence-electron chi connectivity index (χ4n) is 1.56. The molecule has 0 saturated carbocycles. The molecule has 1 aliphatic heterocycles. The van der Waals surface area contributed by atoms with Gasteiger partial charge >= 0.3 is 0 Å². The quantitative estimate of drug-likeness (QED) is 0.836. The highest BCUT2D eigenvalue weighted by Gasteiger charge is 2.19. The van der Waals surface area contributed by atoms with Crippen LogP contribution in [0.1, 0.15) is 18.4 Å². The van der Waals surface area contributed by atoms with E-state index in [2.05, 4.69) is 5.32 Å². The maximum Gasteiger partial charge on any atom is 0.225 e. The molecule has 1 aliphatic rings. The zero-order valence-electron chi connectivity index (χ0n) is 9.23. The standard InChI is InChI=1S/C12H15NOS2/c1-9-2-4-10(5-3-9)13-12(14)8-11-6-7-15-16-11/h2-5,11H,6-8H2,1H3,(H,13,14). The van der Waals surface area contributed by atoms with Gasteiger partial charge in [-0.25, -0.2) is 0 Å². The molecule has 1 heterocycles. The summed E-state index contributed by atoms with van der Waals surface area (Å²) in [5, 5.41) is 3.43. The van der Waals surface area contributed by atoms with Gasteiger partial charge in [-0.1, -0.05) is 39.3 Å². The van der Waals surface area contributed by atoms with E-state index in [0.717, 1.165) is 12.1 Å². The van der Waals surface area contributed by atoms with Gasteiger partial charge in [-0.2, -0.15) is 0 Å². The molecule has 1 amide bonds. The van der Waals surface area contributed by atoms with E-state index in [1.807, 2.05) is 52.8 Å². The van der Waals surface area contributed by atoms with Crippen LogP contribution in [0.25, 0.3) is 0 Å². The van der Waals surface area contributed by atoms with E-state index in [4.69, 9.17) is 0 Å². The van der Waals surface area contributed by atoms with Gasteiger partial charge in [0, 0.05) is 23.1 Å². The number of anilines is 1. The molecule has 1 saturated heterocycles. The molecule has 0 bridgehead atoms. The fraction of sp³-hybridized carbons (Fsp3) is 0.417. The molecule has 2 rings (SSSR count). The Hall–Kier alpha value is -0.610. The third-order valence-corrected chi connectivity index (χ3v) is 5.41. The zero-order chi connectivity index (χ0) is 11.4. The number of carbonyl (C=O) groups excluding carboxylic acids is 1. The van der Waals surface area contributed by atoms with Gasteiger partial charge in [-0.05, 0) is 25.5 Å². The second-order valence-corrected chi connectivity index (χ2v) is 6.73. The molecule has 0 radical (unpaired) electrons. The molecule has 1 fully saturated rings. The molecule has 1 unspecified atom stereocenters. The lowest BCUT2D eigenvalue weighted by Crippen LogP contribution is -2.16. The molecule has 0 aliphatic carbocycles. The van der Waals surface area contributed by atoms with Crippen LogP contribution in [0.3, 0.4) is 0 Å². The summed E-state index contributed by atoms with van der Waals surface area (Å²) in [4.78, 5) is 11.7. The van der Waals surface area contributed by atoms with Gasteiger partial charge < -0.3 is 5.32 Å². The number of nitrogens with one attached hydrogen (secondary N) is 1. The predicted molar refractivity (Wildman–Crippen MR) is 72.9 cm³/mol. The normalized spacial score (nSPS) is 19.7. The Morgan fingerprint density at radius 1 is 1.44 bits per heavy atom. The summed E-state index contributed by atoms with van der Waals surface area (Å²) in [6, 6.07) is 7.92. The largest absolute Gasteiger partial charge is 0.326 e. The number of carbonyl (C=O) groups is 1. The molecular weight excluding hydrogens is 238 g/mol. The maximum absolute atomic E-state index is 11.7. The van der Waals surface area contributed by atoms with E-state index < -0.39 is 0 Å². The van der Waals surface area contributed by atoms with Gasteiger partial charge in [-0.3, -0.25) is 4.79 Å². The van der Waals surface area contributed by atoms with Gasteiger partial charge in [-0.15, -0.1) is 0 Å². The van der Waals surface area contributed by atoms with Crippen molar-refractivity contribution in [3.63, 3.8) is 0 Å². The van der Waals surface area contributed by atoms with Crippen molar-refractivity contribution in [1.82, 2.24) is 0 Å². The third kappa shape index (κ3) is 3.46. The highest BCUT2D eigenvalue weighted by atomic mass is 33.1. The van der Waals surface area contributed by atoms with Crippen molar-refractivity contribution in [2.24, 2.45) is 0 Å². The lowest BCUT2D eigenvalue weighted by Gasteiger charge is -2.08. The first-order chi connectivity index (χ1) is 7.74. The molecule has 1 atom stereocenters. The summed E-state index contributed by atoms with van der Waals surface area (Å²) in [5.41, 5.74) is 2.10. The number of rotatable bonds is 3. The summed E-state index contributed by atoms with van der Waals surface area (Å²) >= 11 is 0. The Morgan fingerprint density at radius 2 is 2.19 bits per heavy atom. The molecule has 2 nitrogen and oxygen atoms in total. The van der Waals surface area contributed by atoms with E-state index in [-0.39, 0.29) is 5.91 Å². The van der Waals surface area contributed by atoms with Gasteiger partial charge in [0.2, 0.25) is 5.91 Å². The van der Waals surface area contributed by atoms with Crippen molar-refractivity contribution in [3.8, 4) is 0 Å². The zero-order valence-corrected chi connectivity index (χ0v) is 10.9. The molecular formula is C12H15NOS2. The van der Waals surface area contributed by atoms with Crippen molar-refractivity contribution in [3.05, 3.63) is 29.8 Å². The van der Waals surface area contributed by atoms with Crippen LogP contribution in [0.5, 0.6) is 0 Å². The molecule has 0 spiro atoms. The van der Waals surface area contributed by atoms with Gasteiger partial charge in [0.15, 0.2) is 0 Å². The summed E-state index contributed by atoms with van der Waals surface area (Å²) < 4.78 is 0. The highest BCUT2D eigenvalue weighted by Crippen LogP contribution is 2.39. The Balaban J connectivity index is 1.84. The number of hydrogen-bond acceptors (Lipinski definition) is 3. The lowest BCUT2D eigenvalue weighted by molar-refractivity contribution is -0.116. The minimum absolute atomic E-state index is 0.129. The third-order valence-electron chi connectivity index (χ3n) is 2.48. The monoisotopic (exact) mass is 253 g/mol. The minimum atomic E-state index is 0.129. The molecule has 4 heteroatoms. The smallest absolute Gasteiger partial charge is 0.225 e. The van der Waals surface area contributed by atoms with Crippen LogP contribution < -0.4 is 5.32 Å². The van der Waals surface area contributed by atoms with Crippen LogP contribution in [-0.2, 0) is 4.79 Å². The van der Waals surface area contributed by atoms with Gasteiger partial charge in [0.25, 0.3) is 0 Å². The predicted octanol–water partition coefficient (Wildman–Crippen LogP) is 3.48. The summed E-state index contributed by atoms with van der Waals surface area (Å²) in [6.07, 6.45) is 1.78. The van der Waals surface area contributed by atoms with Crippen LogP contribution in [-0.4, -0.2) is 16.9 Å². The topological polar surface area (TPSA) is 29.1 Å². The fourth-order valence-corrected chi connectivity index (χ4v) is 4.46. The van der Waals surface area contributed by atoms with Crippen molar-refractivity contribution >= 4 is 33.2 Å². The lowest BCUT2D eigenvalue weighted by atomic mass is 10.2. The van der Waals surface area contributed by atoms with Gasteiger partial charge in [0.05, 0.1) is 0 Å². The van der Waals surface area contributed by atoms with E-state index in [9.17, 15) is 4.79 Å².